The molecule has 2 amide bonds. The molecule has 0 radical (unpaired) electrons. The predicted molar refractivity (Wildman–Crippen MR) is 75.0 cm³/mol. The lowest BCUT2D eigenvalue weighted by Crippen LogP contribution is -2.43. The number of aliphatic hydroxyl groups excluding tert-OH is 1. The summed E-state index contributed by atoms with van der Waals surface area (Å²) in [5, 5.41) is 11.6. The number of benzene rings is 1. The Kier molecular flexibility index (Phi) is 5.26. The molecule has 0 saturated carbocycles. The molecule has 2 rings (SSSR count). The highest BCUT2D eigenvalue weighted by Gasteiger charge is 2.25. The number of aliphatic hydroxyl groups is 1. The number of carbonyl (C=O) groups is 2. The SMILES string of the molecule is O=C(Cc1ccccc1)NC(=O)CN1CCC[C@H]1CO. The molecule has 2 N–H and O–H groups in total. The zero-order chi connectivity index (χ0) is 14.4. The largest absolute Gasteiger partial charge is 0.395 e. The van der Waals surface area contributed by atoms with Crippen LogP contribution in [-0.2, 0) is 16.0 Å². The Balaban J connectivity index is 1.78. The summed E-state index contributed by atoms with van der Waals surface area (Å²) in [6.07, 6.45) is 2.09. The van der Waals surface area contributed by atoms with Gasteiger partial charge in [0.25, 0.3) is 0 Å². The van der Waals surface area contributed by atoms with Crippen LogP contribution in [0.25, 0.3) is 0 Å². The van der Waals surface area contributed by atoms with Crippen LogP contribution in [-0.4, -0.2) is 47.6 Å². The Labute approximate surface area is 118 Å². The highest BCUT2D eigenvalue weighted by Crippen LogP contribution is 2.15. The molecule has 20 heavy (non-hydrogen) atoms. The van der Waals surface area contributed by atoms with Crippen LogP contribution in [0.4, 0.5) is 0 Å². The molecule has 5 nitrogen and oxygen atoms in total. The smallest absolute Gasteiger partial charge is 0.240 e. The van der Waals surface area contributed by atoms with Gasteiger partial charge in [0, 0.05) is 6.04 Å². The Morgan fingerprint density at radius 1 is 1.25 bits per heavy atom. The van der Waals surface area contributed by atoms with E-state index in [1.54, 1.807) is 0 Å². The second-order valence-electron chi connectivity index (χ2n) is 5.08. The summed E-state index contributed by atoms with van der Waals surface area (Å²) in [7, 11) is 0. The van der Waals surface area contributed by atoms with E-state index in [0.717, 1.165) is 24.9 Å². The summed E-state index contributed by atoms with van der Waals surface area (Å²) in [6, 6.07) is 9.36. The van der Waals surface area contributed by atoms with Gasteiger partial charge in [-0.3, -0.25) is 19.8 Å². The zero-order valence-electron chi connectivity index (χ0n) is 11.4. The summed E-state index contributed by atoms with van der Waals surface area (Å²) in [4.78, 5) is 25.5. The van der Waals surface area contributed by atoms with Crippen LogP contribution in [0, 0.1) is 0 Å². The molecule has 0 aliphatic carbocycles. The van der Waals surface area contributed by atoms with Gasteiger partial charge in [0.1, 0.15) is 0 Å². The predicted octanol–water partition coefficient (Wildman–Crippen LogP) is 0.329. The maximum Gasteiger partial charge on any atom is 0.240 e. The zero-order valence-corrected chi connectivity index (χ0v) is 11.4. The van der Waals surface area contributed by atoms with Gasteiger partial charge in [-0.2, -0.15) is 0 Å². The molecule has 1 fully saturated rings. The third-order valence-electron chi connectivity index (χ3n) is 3.54. The van der Waals surface area contributed by atoms with Crippen molar-refractivity contribution in [1.82, 2.24) is 10.2 Å². The molecular formula is C15H20N2O3. The summed E-state index contributed by atoms with van der Waals surface area (Å²) in [5.74, 6) is -0.591. The van der Waals surface area contributed by atoms with E-state index >= 15 is 0 Å². The molecule has 0 bridgehead atoms. The number of hydrogen-bond acceptors (Lipinski definition) is 4. The Morgan fingerprint density at radius 2 is 2.00 bits per heavy atom. The van der Waals surface area contributed by atoms with Gasteiger partial charge in [-0.25, -0.2) is 0 Å². The minimum atomic E-state index is -0.300. The van der Waals surface area contributed by atoms with E-state index in [9.17, 15) is 14.7 Å². The number of imide groups is 1. The molecular weight excluding hydrogens is 256 g/mol. The van der Waals surface area contributed by atoms with E-state index in [-0.39, 0.29) is 37.4 Å². The lowest BCUT2D eigenvalue weighted by molar-refractivity contribution is -0.130. The van der Waals surface area contributed by atoms with E-state index in [4.69, 9.17) is 0 Å². The lowest BCUT2D eigenvalue weighted by Gasteiger charge is -2.21. The number of likely N-dealkylation sites (tertiary alicyclic amines) is 1. The minimum Gasteiger partial charge on any atom is -0.395 e. The third-order valence-corrected chi connectivity index (χ3v) is 3.54. The van der Waals surface area contributed by atoms with E-state index < -0.39 is 0 Å². The van der Waals surface area contributed by atoms with E-state index in [1.165, 1.54) is 0 Å². The molecule has 1 saturated heterocycles. The Bertz CT molecular complexity index is 461. The van der Waals surface area contributed by atoms with Gasteiger partial charge in [-0.15, -0.1) is 0 Å². The molecule has 1 aliphatic heterocycles. The van der Waals surface area contributed by atoms with Gasteiger partial charge in [0.2, 0.25) is 11.8 Å². The maximum atomic E-state index is 11.8. The van der Waals surface area contributed by atoms with Crippen LogP contribution in [0.1, 0.15) is 18.4 Å². The highest BCUT2D eigenvalue weighted by molar-refractivity contribution is 5.96. The van der Waals surface area contributed by atoms with Gasteiger partial charge in [0.15, 0.2) is 0 Å². The van der Waals surface area contributed by atoms with Crippen LogP contribution in [0.2, 0.25) is 0 Å². The van der Waals surface area contributed by atoms with Crippen molar-refractivity contribution in [2.75, 3.05) is 19.7 Å². The average Bonchev–Trinajstić information content (AvgIpc) is 2.86. The number of carbonyl (C=O) groups excluding carboxylic acids is 2. The van der Waals surface area contributed by atoms with Crippen molar-refractivity contribution in [3.63, 3.8) is 0 Å². The first-order valence-corrected chi connectivity index (χ1v) is 6.90. The summed E-state index contributed by atoms with van der Waals surface area (Å²) >= 11 is 0. The molecule has 1 aromatic carbocycles. The fraction of sp³-hybridized carbons (Fsp3) is 0.467. The number of hydrogen-bond donors (Lipinski definition) is 2. The molecule has 1 heterocycles. The van der Waals surface area contributed by atoms with Crippen LogP contribution in [0.3, 0.4) is 0 Å². The summed E-state index contributed by atoms with van der Waals surface area (Å²) in [5.41, 5.74) is 0.882. The van der Waals surface area contributed by atoms with Crippen molar-refractivity contribution in [2.45, 2.75) is 25.3 Å². The van der Waals surface area contributed by atoms with E-state index in [0.29, 0.717) is 0 Å². The van der Waals surface area contributed by atoms with Crippen molar-refractivity contribution in [3.05, 3.63) is 35.9 Å². The first-order valence-electron chi connectivity index (χ1n) is 6.90. The quantitative estimate of drug-likeness (QED) is 0.813. The van der Waals surface area contributed by atoms with Crippen LogP contribution in [0.5, 0.6) is 0 Å². The van der Waals surface area contributed by atoms with Gasteiger partial charge >= 0.3 is 0 Å². The molecule has 5 heteroatoms. The fourth-order valence-corrected chi connectivity index (χ4v) is 2.52. The van der Waals surface area contributed by atoms with Gasteiger partial charge in [-0.1, -0.05) is 30.3 Å². The van der Waals surface area contributed by atoms with Crippen molar-refractivity contribution in [3.8, 4) is 0 Å². The molecule has 108 valence electrons. The first kappa shape index (κ1) is 14.7. The van der Waals surface area contributed by atoms with Gasteiger partial charge in [0.05, 0.1) is 19.6 Å². The van der Waals surface area contributed by atoms with Crippen LogP contribution < -0.4 is 5.32 Å². The molecule has 0 unspecified atom stereocenters. The molecule has 1 aromatic rings. The van der Waals surface area contributed by atoms with Gasteiger partial charge in [-0.05, 0) is 24.9 Å². The van der Waals surface area contributed by atoms with Crippen molar-refractivity contribution >= 4 is 11.8 Å². The second-order valence-corrected chi connectivity index (χ2v) is 5.08. The fourth-order valence-electron chi connectivity index (χ4n) is 2.52. The first-order chi connectivity index (χ1) is 9.69. The normalized spacial score (nSPS) is 18.9. The van der Waals surface area contributed by atoms with Crippen molar-refractivity contribution in [1.29, 1.82) is 0 Å². The molecule has 0 aromatic heterocycles. The van der Waals surface area contributed by atoms with Crippen LogP contribution >= 0.6 is 0 Å². The monoisotopic (exact) mass is 276 g/mol. The standard InChI is InChI=1S/C15H20N2O3/c18-11-13-7-4-8-17(13)10-15(20)16-14(19)9-12-5-2-1-3-6-12/h1-3,5-6,13,18H,4,7-11H2,(H,16,19,20)/t13-/m0/s1. The number of nitrogens with one attached hydrogen (secondary N) is 1. The summed E-state index contributed by atoms with van der Waals surface area (Å²) < 4.78 is 0. The van der Waals surface area contributed by atoms with Crippen LogP contribution in [0.15, 0.2) is 30.3 Å². The molecule has 1 atom stereocenters. The summed E-state index contributed by atoms with van der Waals surface area (Å²) in [6.45, 7) is 1.03. The Hall–Kier alpha value is -1.72. The number of amides is 2. The van der Waals surface area contributed by atoms with Crippen molar-refractivity contribution in [2.24, 2.45) is 0 Å². The minimum absolute atomic E-state index is 0.0463. The number of rotatable bonds is 5. The highest BCUT2D eigenvalue weighted by atomic mass is 16.3. The lowest BCUT2D eigenvalue weighted by atomic mass is 10.1. The molecule has 0 spiro atoms. The maximum absolute atomic E-state index is 11.8. The molecule has 1 aliphatic rings. The van der Waals surface area contributed by atoms with Gasteiger partial charge < -0.3 is 5.11 Å². The van der Waals surface area contributed by atoms with Crippen molar-refractivity contribution < 1.29 is 14.7 Å². The second kappa shape index (κ2) is 7.17. The topological polar surface area (TPSA) is 69.6 Å². The average molecular weight is 276 g/mol. The number of nitrogens with zero attached hydrogens (tertiary/aromatic N) is 1. The third kappa shape index (κ3) is 4.15. The van der Waals surface area contributed by atoms with E-state index in [2.05, 4.69) is 5.32 Å². The Morgan fingerprint density at radius 3 is 2.70 bits per heavy atom. The van der Waals surface area contributed by atoms with E-state index in [1.807, 2.05) is 35.2 Å².